The molecule has 0 spiro atoms. The Bertz CT molecular complexity index is 1110. The zero-order valence-electron chi connectivity index (χ0n) is 16.8. The van der Waals surface area contributed by atoms with E-state index in [1.807, 2.05) is 49.0 Å². The third kappa shape index (κ3) is 4.10. The van der Waals surface area contributed by atoms with Gasteiger partial charge in [-0.1, -0.05) is 30.0 Å². The maximum absolute atomic E-state index is 13.5. The minimum Gasteiger partial charge on any atom is -0.300 e. The lowest BCUT2D eigenvalue weighted by Gasteiger charge is -2.20. The summed E-state index contributed by atoms with van der Waals surface area (Å²) in [5.41, 5.74) is 1.69. The zero-order chi connectivity index (χ0) is 21.1. The summed E-state index contributed by atoms with van der Waals surface area (Å²) >= 11 is 1.48. The largest absolute Gasteiger partial charge is 0.300 e. The minimum absolute atomic E-state index is 0.0199. The average molecular weight is 425 g/mol. The standard InChI is InChI=1S/C20H21FN8S/c1-14(27(2)3)19-23-24-20(28(19)16-11-9-15(21)10-12-16)30-13-18-22-25-26-29(18)17-7-5-4-6-8-17/h4-12,14H,13H2,1-3H3. The van der Waals surface area contributed by atoms with Crippen LogP contribution in [0.25, 0.3) is 11.4 Å². The molecule has 0 N–H and O–H groups in total. The Balaban J connectivity index is 1.66. The van der Waals surface area contributed by atoms with Crippen molar-refractivity contribution < 1.29 is 4.39 Å². The molecular weight excluding hydrogens is 403 g/mol. The normalized spacial score (nSPS) is 12.4. The molecule has 0 radical (unpaired) electrons. The van der Waals surface area contributed by atoms with E-state index < -0.39 is 0 Å². The molecule has 2 heterocycles. The van der Waals surface area contributed by atoms with E-state index in [1.165, 1.54) is 23.9 Å². The highest BCUT2D eigenvalue weighted by atomic mass is 32.2. The number of halogens is 1. The van der Waals surface area contributed by atoms with E-state index in [-0.39, 0.29) is 11.9 Å². The lowest BCUT2D eigenvalue weighted by molar-refractivity contribution is 0.305. The molecule has 0 saturated carbocycles. The van der Waals surface area contributed by atoms with Crippen LogP contribution in [0.15, 0.2) is 59.8 Å². The van der Waals surface area contributed by atoms with Gasteiger partial charge in [-0.3, -0.25) is 9.47 Å². The molecule has 0 saturated heterocycles. The van der Waals surface area contributed by atoms with Crippen molar-refractivity contribution in [3.8, 4) is 11.4 Å². The van der Waals surface area contributed by atoms with Gasteiger partial charge < -0.3 is 0 Å². The van der Waals surface area contributed by atoms with Crippen LogP contribution in [0.1, 0.15) is 24.6 Å². The highest BCUT2D eigenvalue weighted by Crippen LogP contribution is 2.28. The fourth-order valence-corrected chi connectivity index (χ4v) is 3.77. The molecule has 0 bridgehead atoms. The van der Waals surface area contributed by atoms with E-state index in [4.69, 9.17) is 0 Å². The molecule has 4 aromatic rings. The van der Waals surface area contributed by atoms with Gasteiger partial charge in [-0.25, -0.2) is 4.39 Å². The Hall–Kier alpha value is -3.11. The number of aromatic nitrogens is 7. The van der Waals surface area contributed by atoms with Gasteiger partial charge in [-0.15, -0.1) is 15.3 Å². The molecule has 0 fully saturated rings. The second-order valence-corrected chi connectivity index (χ2v) is 7.87. The first-order valence-electron chi connectivity index (χ1n) is 9.37. The van der Waals surface area contributed by atoms with Crippen molar-refractivity contribution in [1.82, 2.24) is 39.9 Å². The van der Waals surface area contributed by atoms with Crippen LogP contribution in [-0.2, 0) is 5.75 Å². The maximum Gasteiger partial charge on any atom is 0.196 e. The summed E-state index contributed by atoms with van der Waals surface area (Å²) in [7, 11) is 3.96. The Morgan fingerprint density at radius 1 is 0.967 bits per heavy atom. The van der Waals surface area contributed by atoms with Gasteiger partial charge in [-0.2, -0.15) is 4.68 Å². The third-order valence-electron chi connectivity index (χ3n) is 4.76. The van der Waals surface area contributed by atoms with Crippen LogP contribution in [0.3, 0.4) is 0 Å². The maximum atomic E-state index is 13.5. The molecule has 4 rings (SSSR count). The molecular formula is C20H21FN8S. The first-order chi connectivity index (χ1) is 14.5. The highest BCUT2D eigenvalue weighted by molar-refractivity contribution is 7.98. The van der Waals surface area contributed by atoms with Crippen molar-refractivity contribution in [2.45, 2.75) is 23.9 Å². The molecule has 0 amide bonds. The molecule has 8 nitrogen and oxygen atoms in total. The summed E-state index contributed by atoms with van der Waals surface area (Å²) in [6, 6.07) is 16.1. The summed E-state index contributed by atoms with van der Waals surface area (Å²) in [5.74, 6) is 1.68. The van der Waals surface area contributed by atoms with Gasteiger partial charge in [-0.05, 0) is 67.8 Å². The number of hydrogen-bond donors (Lipinski definition) is 0. The van der Waals surface area contributed by atoms with Crippen LogP contribution in [-0.4, -0.2) is 54.0 Å². The molecule has 1 atom stereocenters. The van der Waals surface area contributed by atoms with Crippen molar-refractivity contribution in [3.05, 3.63) is 72.1 Å². The molecule has 0 aliphatic carbocycles. The average Bonchev–Trinajstić information content (AvgIpc) is 3.40. The van der Waals surface area contributed by atoms with Crippen LogP contribution < -0.4 is 0 Å². The summed E-state index contributed by atoms with van der Waals surface area (Å²) in [4.78, 5) is 2.05. The lowest BCUT2D eigenvalue weighted by atomic mass is 10.2. The third-order valence-corrected chi connectivity index (χ3v) is 5.68. The smallest absolute Gasteiger partial charge is 0.196 e. The Kier molecular flexibility index (Phi) is 5.86. The molecule has 0 aliphatic rings. The zero-order valence-corrected chi connectivity index (χ0v) is 17.7. The number of hydrogen-bond acceptors (Lipinski definition) is 7. The number of benzene rings is 2. The van der Waals surface area contributed by atoms with Gasteiger partial charge in [0.1, 0.15) is 5.82 Å². The van der Waals surface area contributed by atoms with E-state index in [0.717, 1.165) is 17.2 Å². The molecule has 10 heteroatoms. The fourth-order valence-electron chi connectivity index (χ4n) is 2.90. The van der Waals surface area contributed by atoms with Crippen molar-refractivity contribution in [2.75, 3.05) is 14.1 Å². The number of rotatable bonds is 7. The van der Waals surface area contributed by atoms with Crippen LogP contribution in [0, 0.1) is 5.82 Å². The van der Waals surface area contributed by atoms with Gasteiger partial charge >= 0.3 is 0 Å². The lowest BCUT2D eigenvalue weighted by Crippen LogP contribution is -2.20. The Labute approximate surface area is 177 Å². The van der Waals surface area contributed by atoms with E-state index in [2.05, 4.69) is 37.5 Å². The van der Waals surface area contributed by atoms with Gasteiger partial charge in [0.25, 0.3) is 0 Å². The number of tetrazole rings is 1. The van der Waals surface area contributed by atoms with E-state index in [0.29, 0.717) is 16.7 Å². The summed E-state index contributed by atoms with van der Waals surface area (Å²) < 4.78 is 17.1. The van der Waals surface area contributed by atoms with Crippen molar-refractivity contribution in [1.29, 1.82) is 0 Å². The van der Waals surface area contributed by atoms with E-state index in [1.54, 1.807) is 16.8 Å². The van der Waals surface area contributed by atoms with Crippen molar-refractivity contribution in [3.63, 3.8) is 0 Å². The topological polar surface area (TPSA) is 77.5 Å². The first kappa shape index (κ1) is 20.2. The van der Waals surface area contributed by atoms with Gasteiger partial charge in [0, 0.05) is 5.69 Å². The van der Waals surface area contributed by atoms with Gasteiger partial charge in [0.05, 0.1) is 17.5 Å². The van der Waals surface area contributed by atoms with Gasteiger partial charge in [0.2, 0.25) is 0 Å². The Morgan fingerprint density at radius 3 is 2.40 bits per heavy atom. The highest BCUT2D eigenvalue weighted by Gasteiger charge is 2.21. The molecule has 154 valence electrons. The molecule has 0 aliphatic heterocycles. The first-order valence-corrected chi connectivity index (χ1v) is 10.4. The molecule has 2 aromatic heterocycles. The van der Waals surface area contributed by atoms with Crippen molar-refractivity contribution in [2.24, 2.45) is 0 Å². The predicted molar refractivity (Wildman–Crippen MR) is 112 cm³/mol. The second-order valence-electron chi connectivity index (χ2n) is 6.92. The second kappa shape index (κ2) is 8.72. The SMILES string of the molecule is CC(c1nnc(SCc2nnnn2-c2ccccc2)n1-c1ccc(F)cc1)N(C)C. The summed E-state index contributed by atoms with van der Waals surface area (Å²) in [6.07, 6.45) is 0. The van der Waals surface area contributed by atoms with Crippen LogP contribution in [0.2, 0.25) is 0 Å². The number of para-hydroxylation sites is 1. The predicted octanol–water partition coefficient (Wildman–Crippen LogP) is 3.30. The number of nitrogens with zero attached hydrogens (tertiary/aromatic N) is 8. The molecule has 1 unspecified atom stereocenters. The van der Waals surface area contributed by atoms with Gasteiger partial charge in [0.15, 0.2) is 16.8 Å². The van der Waals surface area contributed by atoms with Crippen LogP contribution in [0.4, 0.5) is 4.39 Å². The summed E-state index contributed by atoms with van der Waals surface area (Å²) in [6.45, 7) is 2.05. The number of thioether (sulfide) groups is 1. The quantitative estimate of drug-likeness (QED) is 0.421. The monoisotopic (exact) mass is 424 g/mol. The molecule has 2 aromatic carbocycles. The summed E-state index contributed by atoms with van der Waals surface area (Å²) in [5, 5.41) is 21.6. The van der Waals surface area contributed by atoms with Crippen LogP contribution >= 0.6 is 11.8 Å². The fraction of sp³-hybridized carbons (Fsp3) is 0.250. The van der Waals surface area contributed by atoms with Crippen molar-refractivity contribution >= 4 is 11.8 Å². The van der Waals surface area contributed by atoms with E-state index in [9.17, 15) is 4.39 Å². The molecule has 30 heavy (non-hydrogen) atoms. The minimum atomic E-state index is -0.287. The van der Waals surface area contributed by atoms with E-state index >= 15 is 0 Å². The van der Waals surface area contributed by atoms with Crippen LogP contribution in [0.5, 0.6) is 0 Å². The Morgan fingerprint density at radius 2 is 1.70 bits per heavy atom.